The van der Waals surface area contributed by atoms with Gasteiger partial charge in [-0.25, -0.2) is 0 Å². The van der Waals surface area contributed by atoms with Crippen LogP contribution < -0.4 is 0 Å². The van der Waals surface area contributed by atoms with Gasteiger partial charge in [-0.15, -0.1) is 0 Å². The van der Waals surface area contributed by atoms with Gasteiger partial charge in [0.1, 0.15) is 0 Å². The zero-order valence-electron chi connectivity index (χ0n) is 14.3. The zero-order chi connectivity index (χ0) is 16.9. The van der Waals surface area contributed by atoms with Crippen LogP contribution in [0, 0.1) is 5.92 Å². The van der Waals surface area contributed by atoms with Gasteiger partial charge in [0.05, 0.1) is 11.6 Å². The Balaban J connectivity index is 1.74. The smallest absolute Gasteiger partial charge is 0.223 e. The molecule has 126 valence electrons. The Hall–Kier alpha value is -1.94. The number of aliphatic hydroxyl groups excluding tert-OH is 1. The average Bonchev–Trinajstić information content (AvgIpc) is 2.59. The highest BCUT2D eigenvalue weighted by atomic mass is 16.3. The number of fused-ring (bicyclic) bond motifs is 2. The number of carbonyl (C=O) groups is 1. The first kappa shape index (κ1) is 15.6. The molecule has 3 unspecified atom stereocenters. The van der Waals surface area contributed by atoms with Crippen molar-refractivity contribution in [3.63, 3.8) is 0 Å². The van der Waals surface area contributed by atoms with Gasteiger partial charge in [0.2, 0.25) is 5.91 Å². The Bertz CT molecular complexity index is 752. The summed E-state index contributed by atoms with van der Waals surface area (Å²) in [7, 11) is 1.90. The number of rotatable bonds is 1. The molecule has 0 aromatic carbocycles. The Morgan fingerprint density at radius 2 is 2.12 bits per heavy atom. The van der Waals surface area contributed by atoms with Gasteiger partial charge >= 0.3 is 0 Å². The lowest BCUT2D eigenvalue weighted by atomic mass is 9.72. The van der Waals surface area contributed by atoms with E-state index >= 15 is 0 Å². The highest BCUT2D eigenvalue weighted by molar-refractivity contribution is 5.82. The number of aliphatic hydroxyl groups is 1. The molecule has 4 heteroatoms. The summed E-state index contributed by atoms with van der Waals surface area (Å²) in [6.07, 6.45) is 14.3. The Morgan fingerprint density at radius 1 is 1.29 bits per heavy atom. The van der Waals surface area contributed by atoms with Crippen molar-refractivity contribution in [1.29, 1.82) is 0 Å². The third kappa shape index (κ3) is 2.24. The third-order valence-electron chi connectivity index (χ3n) is 6.16. The molecule has 1 saturated heterocycles. The van der Waals surface area contributed by atoms with Crippen LogP contribution in [0.15, 0.2) is 30.6 Å². The van der Waals surface area contributed by atoms with E-state index in [1.54, 1.807) is 0 Å². The van der Waals surface area contributed by atoms with Gasteiger partial charge in [0, 0.05) is 42.9 Å². The van der Waals surface area contributed by atoms with Gasteiger partial charge in [-0.1, -0.05) is 18.2 Å². The van der Waals surface area contributed by atoms with Gasteiger partial charge in [-0.2, -0.15) is 0 Å². The molecule has 1 amide bonds. The molecule has 2 heterocycles. The molecule has 4 nitrogen and oxygen atoms in total. The standard InChI is InChI=1S/C20H24N2O2/c1-20-9-8-13(10-14(20)6-7-19(24)22(20)2)16-11-21-12-17-15(16)4-3-5-18(17)23/h8-12,14,18,23H,3-7H2,1-2H3. The van der Waals surface area contributed by atoms with Crippen LogP contribution in [0.3, 0.4) is 0 Å². The van der Waals surface area contributed by atoms with Gasteiger partial charge in [-0.05, 0) is 43.7 Å². The van der Waals surface area contributed by atoms with E-state index in [-0.39, 0.29) is 11.4 Å². The summed E-state index contributed by atoms with van der Waals surface area (Å²) < 4.78 is 0. The molecule has 0 bridgehead atoms. The summed E-state index contributed by atoms with van der Waals surface area (Å²) >= 11 is 0. The average molecular weight is 324 g/mol. The van der Waals surface area contributed by atoms with Crippen LogP contribution >= 0.6 is 0 Å². The van der Waals surface area contributed by atoms with E-state index in [1.165, 1.54) is 11.1 Å². The first-order chi connectivity index (χ1) is 11.5. The minimum absolute atomic E-state index is 0.220. The summed E-state index contributed by atoms with van der Waals surface area (Å²) in [4.78, 5) is 18.3. The van der Waals surface area contributed by atoms with E-state index < -0.39 is 6.10 Å². The maximum atomic E-state index is 12.1. The van der Waals surface area contributed by atoms with Crippen molar-refractivity contribution >= 4 is 11.5 Å². The van der Waals surface area contributed by atoms with Crippen molar-refractivity contribution in [2.24, 2.45) is 5.92 Å². The molecule has 0 saturated carbocycles. The van der Waals surface area contributed by atoms with E-state index in [1.807, 2.05) is 24.3 Å². The van der Waals surface area contributed by atoms with Crippen molar-refractivity contribution in [3.05, 3.63) is 47.3 Å². The summed E-state index contributed by atoms with van der Waals surface area (Å²) in [6, 6.07) is 0. The number of amides is 1. The molecular weight excluding hydrogens is 300 g/mol. The fourth-order valence-corrected chi connectivity index (χ4v) is 4.40. The van der Waals surface area contributed by atoms with Crippen LogP contribution in [0.25, 0.3) is 5.57 Å². The molecular formula is C20H24N2O2. The fraction of sp³-hybridized carbons (Fsp3) is 0.500. The molecule has 1 fully saturated rings. The maximum Gasteiger partial charge on any atom is 0.223 e. The van der Waals surface area contributed by atoms with Crippen molar-refractivity contribution in [1.82, 2.24) is 9.88 Å². The second kappa shape index (κ2) is 5.55. The molecule has 0 spiro atoms. The lowest BCUT2D eigenvalue weighted by Gasteiger charge is -2.47. The molecule has 4 rings (SSSR count). The number of aromatic nitrogens is 1. The fourth-order valence-electron chi connectivity index (χ4n) is 4.40. The topological polar surface area (TPSA) is 53.4 Å². The summed E-state index contributed by atoms with van der Waals surface area (Å²) in [5.74, 6) is 0.543. The molecule has 24 heavy (non-hydrogen) atoms. The van der Waals surface area contributed by atoms with Crippen molar-refractivity contribution in [2.45, 2.75) is 50.7 Å². The van der Waals surface area contributed by atoms with E-state index in [4.69, 9.17) is 0 Å². The van der Waals surface area contributed by atoms with E-state index in [2.05, 4.69) is 30.1 Å². The summed E-state index contributed by atoms with van der Waals surface area (Å²) in [5, 5.41) is 10.3. The zero-order valence-corrected chi connectivity index (χ0v) is 14.3. The number of piperidine rings is 1. The summed E-state index contributed by atoms with van der Waals surface area (Å²) in [6.45, 7) is 2.14. The van der Waals surface area contributed by atoms with E-state index in [0.717, 1.165) is 36.8 Å². The molecule has 1 N–H and O–H groups in total. The van der Waals surface area contributed by atoms with Gasteiger partial charge in [0.25, 0.3) is 0 Å². The predicted molar refractivity (Wildman–Crippen MR) is 93.2 cm³/mol. The first-order valence-corrected chi connectivity index (χ1v) is 8.83. The molecule has 1 aromatic rings. The second-order valence-electron chi connectivity index (χ2n) is 7.44. The van der Waals surface area contributed by atoms with E-state index in [0.29, 0.717) is 12.3 Å². The Kier molecular flexibility index (Phi) is 3.61. The van der Waals surface area contributed by atoms with Crippen LogP contribution in [0.1, 0.15) is 55.4 Å². The van der Waals surface area contributed by atoms with Crippen LogP contribution in [0.5, 0.6) is 0 Å². The quantitative estimate of drug-likeness (QED) is 0.864. The number of hydrogen-bond donors (Lipinski definition) is 1. The Morgan fingerprint density at radius 3 is 2.96 bits per heavy atom. The lowest BCUT2D eigenvalue weighted by Crippen LogP contribution is -2.54. The minimum Gasteiger partial charge on any atom is -0.388 e. The largest absolute Gasteiger partial charge is 0.388 e. The Labute approximate surface area is 142 Å². The number of pyridine rings is 1. The van der Waals surface area contributed by atoms with Gasteiger partial charge in [-0.3, -0.25) is 9.78 Å². The number of likely N-dealkylation sites (tertiary alicyclic amines) is 1. The molecule has 3 aliphatic rings. The first-order valence-electron chi connectivity index (χ1n) is 8.83. The van der Waals surface area contributed by atoms with Crippen LogP contribution in [-0.2, 0) is 11.2 Å². The number of carbonyl (C=O) groups excluding carboxylic acids is 1. The number of hydrogen-bond acceptors (Lipinski definition) is 3. The molecule has 1 aliphatic heterocycles. The van der Waals surface area contributed by atoms with Gasteiger partial charge in [0.15, 0.2) is 0 Å². The third-order valence-corrected chi connectivity index (χ3v) is 6.16. The number of likely N-dealkylation sites (N-methyl/N-ethyl adjacent to an activating group) is 1. The maximum absolute atomic E-state index is 12.1. The summed E-state index contributed by atoms with van der Waals surface area (Å²) in [5.41, 5.74) is 4.31. The minimum atomic E-state index is -0.391. The normalized spacial score (nSPS) is 32.2. The van der Waals surface area contributed by atoms with Crippen molar-refractivity contribution < 1.29 is 9.90 Å². The van der Waals surface area contributed by atoms with Crippen LogP contribution in [0.4, 0.5) is 0 Å². The monoisotopic (exact) mass is 324 g/mol. The van der Waals surface area contributed by atoms with Crippen LogP contribution in [-0.4, -0.2) is 33.5 Å². The number of allylic oxidation sites excluding steroid dienone is 2. The van der Waals surface area contributed by atoms with Crippen LogP contribution in [0.2, 0.25) is 0 Å². The molecule has 1 aromatic heterocycles. The molecule has 2 aliphatic carbocycles. The van der Waals surface area contributed by atoms with Gasteiger partial charge < -0.3 is 10.0 Å². The highest BCUT2D eigenvalue weighted by Gasteiger charge is 2.42. The lowest BCUT2D eigenvalue weighted by molar-refractivity contribution is -0.138. The predicted octanol–water partition coefficient (Wildman–Crippen LogP) is 3.03. The SMILES string of the molecule is CN1C(=O)CCC2C=C(c3cncc4c3CCCC4O)C=CC21C. The molecule has 3 atom stereocenters. The van der Waals surface area contributed by atoms with Crippen molar-refractivity contribution in [2.75, 3.05) is 7.05 Å². The second-order valence-corrected chi connectivity index (χ2v) is 7.44. The van der Waals surface area contributed by atoms with E-state index in [9.17, 15) is 9.90 Å². The number of nitrogens with zero attached hydrogens (tertiary/aromatic N) is 2. The van der Waals surface area contributed by atoms with Crippen molar-refractivity contribution in [3.8, 4) is 0 Å². The molecule has 0 radical (unpaired) electrons. The highest BCUT2D eigenvalue weighted by Crippen LogP contribution is 2.42.